The number of nitrogens with zero attached hydrogens (tertiary/aromatic N) is 1. The minimum Gasteiger partial charge on any atom is -0.493 e. The van der Waals surface area contributed by atoms with Crippen LogP contribution in [0.2, 0.25) is 0 Å². The van der Waals surface area contributed by atoms with Crippen molar-refractivity contribution in [1.82, 2.24) is 9.62 Å². The molecule has 8 nitrogen and oxygen atoms in total. The Morgan fingerprint density at radius 2 is 1.64 bits per heavy atom. The molecule has 10 heteroatoms. The topological polar surface area (TPSA) is 97.0 Å². The predicted molar refractivity (Wildman–Crippen MR) is 144 cm³/mol. The van der Waals surface area contributed by atoms with Gasteiger partial charge >= 0.3 is 0 Å². The summed E-state index contributed by atoms with van der Waals surface area (Å²) in [5.41, 5.74) is 2.17. The lowest BCUT2D eigenvalue weighted by molar-refractivity contribution is -0.115. The number of ether oxygens (including phenoxy) is 2. The molecule has 0 unspecified atom stereocenters. The van der Waals surface area contributed by atoms with E-state index in [1.165, 1.54) is 36.7 Å². The highest BCUT2D eigenvalue weighted by molar-refractivity contribution is 7.89. The Hall–Kier alpha value is -3.73. The van der Waals surface area contributed by atoms with Gasteiger partial charge < -0.3 is 14.8 Å². The third-order valence-corrected chi connectivity index (χ3v) is 7.16. The van der Waals surface area contributed by atoms with Crippen molar-refractivity contribution >= 4 is 45.0 Å². The van der Waals surface area contributed by atoms with Gasteiger partial charge in [-0.1, -0.05) is 36.4 Å². The van der Waals surface area contributed by atoms with E-state index in [-0.39, 0.29) is 16.6 Å². The molecule has 0 aromatic heterocycles. The number of nitrogens with one attached hydrogen (secondary N) is 2. The van der Waals surface area contributed by atoms with E-state index in [9.17, 15) is 13.2 Å². The van der Waals surface area contributed by atoms with Crippen molar-refractivity contribution < 1.29 is 22.7 Å². The summed E-state index contributed by atoms with van der Waals surface area (Å²) in [6.45, 7) is 0.260. The zero-order valence-electron chi connectivity index (χ0n) is 20.1. The SMILES string of the molecule is COc1ccc(/C=C/C(=O)NC(=S)Nc2ccc(S(=O)(=O)N(C)Cc3ccccc3)cc2)cc1OC. The van der Waals surface area contributed by atoms with E-state index < -0.39 is 15.9 Å². The molecule has 3 aromatic carbocycles. The number of anilines is 1. The van der Waals surface area contributed by atoms with Crippen molar-refractivity contribution in [2.75, 3.05) is 26.6 Å². The van der Waals surface area contributed by atoms with Gasteiger partial charge in [0.05, 0.1) is 19.1 Å². The summed E-state index contributed by atoms with van der Waals surface area (Å²) in [6.07, 6.45) is 2.96. The summed E-state index contributed by atoms with van der Waals surface area (Å²) < 4.78 is 37.5. The van der Waals surface area contributed by atoms with Crippen LogP contribution in [0.3, 0.4) is 0 Å². The van der Waals surface area contributed by atoms with Crippen LogP contribution in [0.4, 0.5) is 5.69 Å². The number of carbonyl (C=O) groups excluding carboxylic acids is 1. The molecule has 0 aliphatic heterocycles. The maximum Gasteiger partial charge on any atom is 0.250 e. The molecule has 188 valence electrons. The van der Waals surface area contributed by atoms with Crippen LogP contribution >= 0.6 is 12.2 Å². The van der Waals surface area contributed by atoms with Gasteiger partial charge in [0, 0.05) is 25.4 Å². The third-order valence-electron chi connectivity index (χ3n) is 5.14. The van der Waals surface area contributed by atoms with Crippen LogP contribution in [-0.4, -0.2) is 45.0 Å². The van der Waals surface area contributed by atoms with Crippen molar-refractivity contribution in [3.8, 4) is 11.5 Å². The zero-order valence-corrected chi connectivity index (χ0v) is 21.7. The normalized spacial score (nSPS) is 11.3. The Labute approximate surface area is 216 Å². The highest BCUT2D eigenvalue weighted by atomic mass is 32.2. The summed E-state index contributed by atoms with van der Waals surface area (Å²) in [5, 5.41) is 5.50. The largest absolute Gasteiger partial charge is 0.493 e. The summed E-state index contributed by atoms with van der Waals surface area (Å²) in [7, 11) is 0.951. The molecule has 0 radical (unpaired) electrons. The van der Waals surface area contributed by atoms with Crippen molar-refractivity contribution in [3.63, 3.8) is 0 Å². The van der Waals surface area contributed by atoms with Gasteiger partial charge in [0.2, 0.25) is 15.9 Å². The number of sulfonamides is 1. The molecule has 0 spiro atoms. The minimum atomic E-state index is -3.67. The molecule has 0 aliphatic rings. The van der Waals surface area contributed by atoms with Gasteiger partial charge in [0.15, 0.2) is 16.6 Å². The number of carbonyl (C=O) groups is 1. The zero-order chi connectivity index (χ0) is 26.1. The van der Waals surface area contributed by atoms with Gasteiger partial charge in [0.1, 0.15) is 0 Å². The van der Waals surface area contributed by atoms with Crippen LogP contribution in [0.5, 0.6) is 11.5 Å². The lowest BCUT2D eigenvalue weighted by Crippen LogP contribution is -2.32. The molecule has 0 fully saturated rings. The smallest absolute Gasteiger partial charge is 0.250 e. The van der Waals surface area contributed by atoms with Crippen molar-refractivity contribution in [1.29, 1.82) is 0 Å². The second-order valence-corrected chi connectivity index (χ2v) is 10.1. The number of thiocarbonyl (C=S) groups is 1. The van der Waals surface area contributed by atoms with Gasteiger partial charge in [-0.25, -0.2) is 8.42 Å². The minimum absolute atomic E-state index is 0.0776. The van der Waals surface area contributed by atoms with E-state index >= 15 is 0 Å². The fourth-order valence-electron chi connectivity index (χ4n) is 3.26. The van der Waals surface area contributed by atoms with E-state index in [2.05, 4.69) is 10.6 Å². The molecule has 1 amide bonds. The van der Waals surface area contributed by atoms with Crippen LogP contribution in [-0.2, 0) is 21.4 Å². The predicted octanol–water partition coefficient (Wildman–Crippen LogP) is 4.05. The summed E-state index contributed by atoms with van der Waals surface area (Å²) >= 11 is 5.20. The van der Waals surface area contributed by atoms with Crippen molar-refractivity contribution in [2.45, 2.75) is 11.4 Å². The number of methoxy groups -OCH3 is 2. The van der Waals surface area contributed by atoms with Gasteiger partial charge in [-0.15, -0.1) is 0 Å². The van der Waals surface area contributed by atoms with Crippen LogP contribution in [0.15, 0.2) is 83.8 Å². The Morgan fingerprint density at radius 3 is 2.28 bits per heavy atom. The Kier molecular flexibility index (Phi) is 9.18. The van der Waals surface area contributed by atoms with E-state index in [1.54, 1.807) is 43.5 Å². The van der Waals surface area contributed by atoms with Gasteiger partial charge in [0.25, 0.3) is 0 Å². The maximum atomic E-state index is 12.9. The molecular weight excluding hydrogens is 498 g/mol. The lowest BCUT2D eigenvalue weighted by atomic mass is 10.2. The van der Waals surface area contributed by atoms with Crippen LogP contribution < -0.4 is 20.1 Å². The number of amides is 1. The quantitative estimate of drug-likeness (QED) is 0.321. The van der Waals surface area contributed by atoms with E-state index in [0.29, 0.717) is 17.2 Å². The van der Waals surface area contributed by atoms with Crippen LogP contribution in [0.1, 0.15) is 11.1 Å². The fourth-order valence-corrected chi connectivity index (χ4v) is 4.64. The van der Waals surface area contributed by atoms with E-state index in [1.807, 2.05) is 30.3 Å². The maximum absolute atomic E-state index is 12.9. The molecule has 0 saturated carbocycles. The Balaban J connectivity index is 1.56. The highest BCUT2D eigenvalue weighted by Crippen LogP contribution is 2.28. The van der Waals surface area contributed by atoms with Gasteiger partial charge in [-0.05, 0) is 65.8 Å². The first-order valence-corrected chi connectivity index (χ1v) is 12.7. The molecule has 0 heterocycles. The lowest BCUT2D eigenvalue weighted by Gasteiger charge is -2.17. The molecule has 0 aliphatic carbocycles. The molecule has 3 rings (SSSR count). The second kappa shape index (κ2) is 12.3. The second-order valence-electron chi connectivity index (χ2n) is 7.66. The molecular formula is C26H27N3O5S2. The summed E-state index contributed by atoms with van der Waals surface area (Å²) in [4.78, 5) is 12.4. The number of hydrogen-bond acceptors (Lipinski definition) is 6. The first-order chi connectivity index (χ1) is 17.2. The Morgan fingerprint density at radius 1 is 0.972 bits per heavy atom. The molecule has 0 saturated heterocycles. The van der Waals surface area contributed by atoms with Crippen molar-refractivity contribution in [2.24, 2.45) is 0 Å². The third kappa shape index (κ3) is 7.14. The molecule has 0 atom stereocenters. The first-order valence-electron chi connectivity index (χ1n) is 10.9. The van der Waals surface area contributed by atoms with Gasteiger partial charge in [-0.2, -0.15) is 4.31 Å². The number of hydrogen-bond donors (Lipinski definition) is 2. The van der Waals surface area contributed by atoms with Crippen LogP contribution in [0.25, 0.3) is 6.08 Å². The van der Waals surface area contributed by atoms with Crippen LogP contribution in [0, 0.1) is 0 Å². The molecule has 2 N–H and O–H groups in total. The standard InChI is InChI=1S/C26H27N3O5S2/c1-29(18-20-7-5-4-6-8-20)36(31,32)22-13-11-21(12-14-22)27-26(35)28-25(30)16-10-19-9-15-23(33-2)24(17-19)34-3/h4-17H,18H2,1-3H3,(H2,27,28,30,35)/b16-10+. The first kappa shape index (κ1) is 26.9. The number of benzene rings is 3. The molecule has 0 bridgehead atoms. The monoisotopic (exact) mass is 525 g/mol. The van der Waals surface area contributed by atoms with E-state index in [4.69, 9.17) is 21.7 Å². The summed E-state index contributed by atoms with van der Waals surface area (Å²) in [6, 6.07) is 20.8. The van der Waals surface area contributed by atoms with E-state index in [0.717, 1.165) is 11.1 Å². The van der Waals surface area contributed by atoms with Gasteiger partial charge in [-0.3, -0.25) is 10.1 Å². The van der Waals surface area contributed by atoms with Crippen molar-refractivity contribution in [3.05, 3.63) is 90.0 Å². The molecule has 36 heavy (non-hydrogen) atoms. The average molecular weight is 526 g/mol. The Bertz CT molecular complexity index is 1340. The highest BCUT2D eigenvalue weighted by Gasteiger charge is 2.20. The number of rotatable bonds is 9. The molecule has 3 aromatic rings. The fraction of sp³-hybridized carbons (Fsp3) is 0.154. The average Bonchev–Trinajstić information content (AvgIpc) is 2.88. The summed E-state index contributed by atoms with van der Waals surface area (Å²) in [5.74, 6) is 0.712.